The highest BCUT2D eigenvalue weighted by Crippen LogP contribution is 2.21. The Bertz CT molecular complexity index is 889. The summed E-state index contributed by atoms with van der Waals surface area (Å²) >= 11 is 0. The molecule has 1 fully saturated rings. The molecule has 6 nitrogen and oxygen atoms in total. The molecule has 1 aliphatic heterocycles. The maximum Gasteiger partial charge on any atom is 0.261 e. The fourth-order valence-electron chi connectivity index (χ4n) is 3.02. The molecule has 1 unspecified atom stereocenters. The summed E-state index contributed by atoms with van der Waals surface area (Å²) in [5.41, 5.74) is 6.51. The molecular weight excluding hydrogens is 393 g/mol. The van der Waals surface area contributed by atoms with E-state index in [0.29, 0.717) is 24.3 Å². The third kappa shape index (κ3) is 4.77. The van der Waals surface area contributed by atoms with Crippen molar-refractivity contribution in [1.29, 1.82) is 0 Å². The average molecular weight is 414 g/mol. The van der Waals surface area contributed by atoms with Gasteiger partial charge in [0.2, 0.25) is 0 Å². The first-order valence-electron chi connectivity index (χ1n) is 8.30. The number of hydrogen-bond donors (Lipinski definition) is 2. The van der Waals surface area contributed by atoms with Gasteiger partial charge in [-0.25, -0.2) is 12.8 Å². The molecule has 3 N–H and O–H groups in total. The number of anilines is 1. The minimum Gasteiger partial charge on any atom is -0.334 e. The van der Waals surface area contributed by atoms with Gasteiger partial charge in [-0.05, 0) is 61.4 Å². The van der Waals surface area contributed by atoms with E-state index in [1.165, 1.54) is 24.3 Å². The van der Waals surface area contributed by atoms with E-state index in [-0.39, 0.29) is 29.3 Å². The Balaban J connectivity index is 0.00000261. The van der Waals surface area contributed by atoms with Gasteiger partial charge in [0.25, 0.3) is 15.9 Å². The Morgan fingerprint density at radius 3 is 2.37 bits per heavy atom. The molecular formula is C18H21ClFN3O3S. The second kappa shape index (κ2) is 8.69. The quantitative estimate of drug-likeness (QED) is 0.788. The van der Waals surface area contributed by atoms with Crippen LogP contribution < -0.4 is 10.5 Å². The number of amides is 1. The summed E-state index contributed by atoms with van der Waals surface area (Å²) in [4.78, 5) is 14.3. The van der Waals surface area contributed by atoms with Crippen molar-refractivity contribution in [2.24, 2.45) is 5.73 Å². The van der Waals surface area contributed by atoms with E-state index < -0.39 is 15.8 Å². The highest BCUT2D eigenvalue weighted by Gasteiger charge is 2.28. The number of benzene rings is 2. The molecule has 1 amide bonds. The van der Waals surface area contributed by atoms with Gasteiger partial charge in [-0.15, -0.1) is 12.4 Å². The number of halogens is 2. The lowest BCUT2D eigenvalue weighted by Crippen LogP contribution is -2.39. The first-order chi connectivity index (χ1) is 12.4. The molecule has 0 aromatic heterocycles. The summed E-state index contributed by atoms with van der Waals surface area (Å²) in [6, 6.07) is 10.8. The fourth-order valence-corrected chi connectivity index (χ4v) is 4.08. The van der Waals surface area contributed by atoms with Crippen LogP contribution in [-0.2, 0) is 10.0 Å². The van der Waals surface area contributed by atoms with Crippen molar-refractivity contribution in [3.63, 3.8) is 0 Å². The van der Waals surface area contributed by atoms with Crippen LogP contribution in [0.3, 0.4) is 0 Å². The van der Waals surface area contributed by atoms with Crippen LogP contribution in [0.5, 0.6) is 0 Å². The van der Waals surface area contributed by atoms with Crippen LogP contribution in [0.2, 0.25) is 0 Å². The van der Waals surface area contributed by atoms with Crippen LogP contribution >= 0.6 is 12.4 Å². The number of nitrogens with zero attached hydrogens (tertiary/aromatic N) is 1. The van der Waals surface area contributed by atoms with Crippen molar-refractivity contribution >= 4 is 34.0 Å². The zero-order valence-electron chi connectivity index (χ0n) is 14.5. The lowest BCUT2D eigenvalue weighted by molar-refractivity contribution is 0.0741. The Morgan fingerprint density at radius 2 is 1.78 bits per heavy atom. The van der Waals surface area contributed by atoms with Crippen molar-refractivity contribution < 1.29 is 17.6 Å². The molecule has 1 aliphatic rings. The molecule has 146 valence electrons. The second-order valence-corrected chi connectivity index (χ2v) is 7.85. The average Bonchev–Trinajstić information content (AvgIpc) is 3.10. The molecule has 9 heteroatoms. The topological polar surface area (TPSA) is 92.5 Å². The first kappa shape index (κ1) is 21.1. The number of nitrogens with two attached hydrogens (primary N) is 1. The van der Waals surface area contributed by atoms with E-state index in [4.69, 9.17) is 5.73 Å². The SMILES string of the molecule is Cl.NCC1CCCN1C(=O)c1ccc(NS(=O)(=O)c2ccc(F)cc2)cc1. The number of rotatable bonds is 5. The van der Waals surface area contributed by atoms with Crippen LogP contribution in [0.4, 0.5) is 10.1 Å². The van der Waals surface area contributed by atoms with E-state index in [1.54, 1.807) is 17.0 Å². The molecule has 2 aromatic rings. The summed E-state index contributed by atoms with van der Waals surface area (Å²) in [6.45, 7) is 1.11. The van der Waals surface area contributed by atoms with Gasteiger partial charge in [-0.3, -0.25) is 9.52 Å². The molecule has 0 radical (unpaired) electrons. The largest absolute Gasteiger partial charge is 0.334 e. The van der Waals surface area contributed by atoms with Gasteiger partial charge in [0.1, 0.15) is 5.82 Å². The summed E-state index contributed by atoms with van der Waals surface area (Å²) < 4.78 is 40.0. The molecule has 0 bridgehead atoms. The Morgan fingerprint density at radius 1 is 1.15 bits per heavy atom. The molecule has 3 rings (SSSR count). The third-order valence-corrected chi connectivity index (χ3v) is 5.82. The predicted octanol–water partition coefficient (Wildman–Crippen LogP) is 2.61. The van der Waals surface area contributed by atoms with Crippen molar-refractivity contribution in [3.8, 4) is 0 Å². The van der Waals surface area contributed by atoms with E-state index in [0.717, 1.165) is 25.0 Å². The first-order valence-corrected chi connectivity index (χ1v) is 9.78. The number of carbonyl (C=O) groups is 1. The number of likely N-dealkylation sites (tertiary alicyclic amines) is 1. The lowest BCUT2D eigenvalue weighted by atomic mass is 10.1. The van der Waals surface area contributed by atoms with Gasteiger partial charge in [0.05, 0.1) is 4.90 Å². The highest BCUT2D eigenvalue weighted by atomic mass is 35.5. The van der Waals surface area contributed by atoms with Crippen molar-refractivity contribution in [1.82, 2.24) is 4.90 Å². The minimum atomic E-state index is -3.82. The van der Waals surface area contributed by atoms with Gasteiger partial charge in [0.15, 0.2) is 0 Å². The summed E-state index contributed by atoms with van der Waals surface area (Å²) in [6.07, 6.45) is 1.83. The summed E-state index contributed by atoms with van der Waals surface area (Å²) in [5, 5.41) is 0. The van der Waals surface area contributed by atoms with E-state index in [1.807, 2.05) is 0 Å². The van der Waals surface area contributed by atoms with E-state index >= 15 is 0 Å². The summed E-state index contributed by atoms with van der Waals surface area (Å²) in [5.74, 6) is -0.615. The number of hydrogen-bond acceptors (Lipinski definition) is 4. The lowest BCUT2D eigenvalue weighted by Gasteiger charge is -2.23. The van der Waals surface area contributed by atoms with Crippen molar-refractivity contribution in [3.05, 3.63) is 59.9 Å². The molecule has 0 aliphatic carbocycles. The zero-order chi connectivity index (χ0) is 18.7. The number of nitrogens with one attached hydrogen (secondary N) is 1. The highest BCUT2D eigenvalue weighted by molar-refractivity contribution is 7.92. The van der Waals surface area contributed by atoms with Crippen molar-refractivity contribution in [2.75, 3.05) is 17.8 Å². The molecule has 27 heavy (non-hydrogen) atoms. The number of carbonyl (C=O) groups excluding carboxylic acids is 1. The van der Waals surface area contributed by atoms with Gasteiger partial charge < -0.3 is 10.6 Å². The van der Waals surface area contributed by atoms with Gasteiger partial charge in [-0.1, -0.05) is 0 Å². The summed E-state index contributed by atoms with van der Waals surface area (Å²) in [7, 11) is -3.82. The minimum absolute atomic E-state index is 0. The van der Waals surface area contributed by atoms with Crippen LogP contribution in [0.1, 0.15) is 23.2 Å². The standard InChI is InChI=1S/C18H20FN3O3S.ClH/c19-14-5-9-17(10-6-14)26(24,25)21-15-7-3-13(4-8-15)18(23)22-11-1-2-16(22)12-20;/h3-10,16,21H,1-2,11-12,20H2;1H. The van der Waals surface area contributed by atoms with Gasteiger partial charge >= 0.3 is 0 Å². The molecule has 2 aromatic carbocycles. The van der Waals surface area contributed by atoms with Crippen LogP contribution in [0, 0.1) is 5.82 Å². The van der Waals surface area contributed by atoms with Crippen LogP contribution in [0.15, 0.2) is 53.4 Å². The molecule has 0 saturated carbocycles. The maximum absolute atomic E-state index is 12.9. The van der Waals surface area contributed by atoms with Gasteiger partial charge in [0, 0.05) is 30.4 Å². The van der Waals surface area contributed by atoms with E-state index in [2.05, 4.69) is 4.72 Å². The Kier molecular flexibility index (Phi) is 6.80. The van der Waals surface area contributed by atoms with Crippen LogP contribution in [0.25, 0.3) is 0 Å². The van der Waals surface area contributed by atoms with Crippen LogP contribution in [-0.4, -0.2) is 38.4 Å². The molecule has 1 saturated heterocycles. The second-order valence-electron chi connectivity index (χ2n) is 6.17. The molecule has 1 atom stereocenters. The zero-order valence-corrected chi connectivity index (χ0v) is 16.1. The Labute approximate surface area is 164 Å². The Hall–Kier alpha value is -2.16. The molecule has 0 spiro atoms. The fraction of sp³-hybridized carbons (Fsp3) is 0.278. The smallest absolute Gasteiger partial charge is 0.261 e. The van der Waals surface area contributed by atoms with Crippen molar-refractivity contribution in [2.45, 2.75) is 23.8 Å². The maximum atomic E-state index is 12.9. The monoisotopic (exact) mass is 413 g/mol. The van der Waals surface area contributed by atoms with Gasteiger partial charge in [-0.2, -0.15) is 0 Å². The normalized spacial score (nSPS) is 16.7. The third-order valence-electron chi connectivity index (χ3n) is 4.42. The predicted molar refractivity (Wildman–Crippen MR) is 104 cm³/mol. The molecule has 1 heterocycles. The van der Waals surface area contributed by atoms with E-state index in [9.17, 15) is 17.6 Å². The number of sulfonamides is 1.